The van der Waals surface area contributed by atoms with Crippen LogP contribution in [0.1, 0.15) is 41.6 Å². The molecule has 0 atom stereocenters. The van der Waals surface area contributed by atoms with E-state index in [9.17, 15) is 22.8 Å². The van der Waals surface area contributed by atoms with Crippen molar-refractivity contribution >= 4 is 23.4 Å². The molecule has 0 fully saturated rings. The van der Waals surface area contributed by atoms with Crippen LogP contribution >= 0.6 is 0 Å². The number of esters is 1. The molecule has 0 spiro atoms. The Morgan fingerprint density at radius 1 is 0.842 bits per heavy atom. The summed E-state index contributed by atoms with van der Waals surface area (Å²) in [5.74, 6) is -3.34. The molecule has 0 radical (unpaired) electrons. The van der Waals surface area contributed by atoms with Crippen molar-refractivity contribution in [3.05, 3.63) is 58.9 Å². The Hall–Kier alpha value is -3.35. The van der Waals surface area contributed by atoms with Gasteiger partial charge in [0.1, 0.15) is 24.1 Å². The predicted octanol–water partition coefficient (Wildman–Crippen LogP) is 3.75. The number of carbonyl (C=O) groups excluding carboxylic acids is 2. The van der Waals surface area contributed by atoms with Gasteiger partial charge in [-0.15, -0.1) is 0 Å². The van der Waals surface area contributed by atoms with Crippen molar-refractivity contribution in [1.29, 1.82) is 0 Å². The Balaban J connectivity index is 1.85. The second kappa shape index (κ2) is 17.2. The van der Waals surface area contributed by atoms with E-state index in [0.717, 1.165) is 70.8 Å². The zero-order chi connectivity index (χ0) is 27.8. The Bertz CT molecular complexity index is 1020. The van der Waals surface area contributed by atoms with Crippen molar-refractivity contribution < 1.29 is 32.2 Å². The molecule has 1 amide bonds. The summed E-state index contributed by atoms with van der Waals surface area (Å²) < 4.78 is 51.7. The van der Waals surface area contributed by atoms with Crippen molar-refractivity contribution in [2.45, 2.75) is 32.3 Å². The highest BCUT2D eigenvalue weighted by Gasteiger charge is 2.19. The molecule has 2 aromatic rings. The molecule has 0 aliphatic heterocycles. The van der Waals surface area contributed by atoms with E-state index in [1.54, 1.807) is 0 Å². The zero-order valence-electron chi connectivity index (χ0n) is 21.5. The highest BCUT2D eigenvalue weighted by Crippen LogP contribution is 2.26. The first-order chi connectivity index (χ1) is 18.4. The van der Waals surface area contributed by atoms with E-state index >= 15 is 0 Å². The van der Waals surface area contributed by atoms with Gasteiger partial charge < -0.3 is 31.2 Å². The number of halogens is 3. The number of carbonyl (C=O) groups is 2. The van der Waals surface area contributed by atoms with E-state index in [-0.39, 0.29) is 16.9 Å². The molecule has 0 aliphatic carbocycles. The molecule has 2 rings (SSSR count). The SMILES string of the molecule is COC(=O)c1cc(F)c(NCCCNCCCCNCCCN)cc1NC(=O)OCc1c(F)cccc1F. The molecule has 12 heteroatoms. The molecule has 9 nitrogen and oxygen atoms in total. The molecule has 0 heterocycles. The maximum absolute atomic E-state index is 14.6. The van der Waals surface area contributed by atoms with Crippen molar-refractivity contribution in [3.63, 3.8) is 0 Å². The number of methoxy groups -OCH3 is 1. The number of unbranched alkanes of at least 4 members (excludes halogenated alkanes) is 1. The summed E-state index contributed by atoms with van der Waals surface area (Å²) >= 11 is 0. The van der Waals surface area contributed by atoms with Crippen LogP contribution in [0.3, 0.4) is 0 Å². The van der Waals surface area contributed by atoms with E-state index in [4.69, 9.17) is 10.5 Å². The van der Waals surface area contributed by atoms with E-state index in [2.05, 4.69) is 26.0 Å². The molecular weight excluding hydrogens is 503 g/mol. The average molecular weight is 540 g/mol. The van der Waals surface area contributed by atoms with Crippen LogP contribution in [0.25, 0.3) is 0 Å². The molecule has 0 unspecified atom stereocenters. The molecule has 2 aromatic carbocycles. The monoisotopic (exact) mass is 539 g/mol. The van der Waals surface area contributed by atoms with Gasteiger partial charge in [-0.2, -0.15) is 0 Å². The Morgan fingerprint density at radius 2 is 1.47 bits per heavy atom. The number of nitrogens with two attached hydrogens (primary N) is 1. The molecule has 6 N–H and O–H groups in total. The van der Waals surface area contributed by atoms with Gasteiger partial charge in [-0.1, -0.05) is 6.07 Å². The fraction of sp³-hybridized carbons (Fsp3) is 0.462. The summed E-state index contributed by atoms with van der Waals surface area (Å²) in [7, 11) is 1.11. The minimum Gasteiger partial charge on any atom is -0.465 e. The number of anilines is 2. The molecule has 0 saturated heterocycles. The van der Waals surface area contributed by atoms with Crippen molar-refractivity contribution in [3.8, 4) is 0 Å². The van der Waals surface area contributed by atoms with Crippen LogP contribution < -0.4 is 27.0 Å². The van der Waals surface area contributed by atoms with Crippen LogP contribution in [0.2, 0.25) is 0 Å². The Labute approximate surface area is 220 Å². The quantitative estimate of drug-likeness (QED) is 0.152. The first-order valence-electron chi connectivity index (χ1n) is 12.5. The second-order valence-electron chi connectivity index (χ2n) is 8.40. The van der Waals surface area contributed by atoms with Gasteiger partial charge in [-0.05, 0) is 82.7 Å². The molecule has 0 saturated carbocycles. The van der Waals surface area contributed by atoms with E-state index in [1.807, 2.05) is 0 Å². The van der Waals surface area contributed by atoms with Crippen molar-refractivity contribution in [2.75, 3.05) is 57.0 Å². The van der Waals surface area contributed by atoms with Crippen LogP contribution in [0, 0.1) is 17.5 Å². The topological polar surface area (TPSA) is 127 Å². The summed E-state index contributed by atoms with van der Waals surface area (Å²) in [6.45, 7) is 3.91. The highest BCUT2D eigenvalue weighted by molar-refractivity contribution is 6.00. The van der Waals surface area contributed by atoms with E-state index in [0.29, 0.717) is 19.5 Å². The Morgan fingerprint density at radius 3 is 2.11 bits per heavy atom. The van der Waals surface area contributed by atoms with Crippen LogP contribution in [-0.4, -0.2) is 58.4 Å². The lowest BCUT2D eigenvalue weighted by Gasteiger charge is -2.15. The van der Waals surface area contributed by atoms with Gasteiger partial charge >= 0.3 is 12.1 Å². The number of nitrogens with one attached hydrogen (secondary N) is 4. The van der Waals surface area contributed by atoms with E-state index < -0.39 is 41.7 Å². The predicted molar refractivity (Wildman–Crippen MR) is 140 cm³/mol. The van der Waals surface area contributed by atoms with E-state index in [1.165, 1.54) is 12.1 Å². The number of benzene rings is 2. The summed E-state index contributed by atoms with van der Waals surface area (Å²) in [6.07, 6.45) is 2.67. The molecule has 0 aliphatic rings. The first kappa shape index (κ1) is 30.9. The summed E-state index contributed by atoms with van der Waals surface area (Å²) in [6, 6.07) is 5.42. The third-order valence-corrected chi connectivity index (χ3v) is 5.52. The van der Waals surface area contributed by atoms with Gasteiger partial charge in [0.2, 0.25) is 0 Å². The maximum Gasteiger partial charge on any atom is 0.411 e. The molecule has 0 aromatic heterocycles. The maximum atomic E-state index is 14.6. The molecule has 0 bridgehead atoms. The Kier molecular flexibility index (Phi) is 14.0. The van der Waals surface area contributed by atoms with Crippen LogP contribution in [0.15, 0.2) is 30.3 Å². The van der Waals surface area contributed by atoms with Crippen molar-refractivity contribution in [1.82, 2.24) is 10.6 Å². The smallest absolute Gasteiger partial charge is 0.411 e. The van der Waals surface area contributed by atoms with Crippen LogP contribution in [0.4, 0.5) is 29.3 Å². The van der Waals surface area contributed by atoms with Crippen LogP contribution in [-0.2, 0) is 16.1 Å². The molecule has 210 valence electrons. The van der Waals surface area contributed by atoms with Gasteiger partial charge in [0.25, 0.3) is 0 Å². The summed E-state index contributed by atoms with van der Waals surface area (Å²) in [5.41, 5.74) is 4.74. The number of hydrogen-bond donors (Lipinski definition) is 5. The van der Waals surface area contributed by atoms with Gasteiger partial charge in [0.05, 0.1) is 29.6 Å². The second-order valence-corrected chi connectivity index (χ2v) is 8.40. The lowest BCUT2D eigenvalue weighted by Crippen LogP contribution is -2.22. The molecule has 38 heavy (non-hydrogen) atoms. The molecular formula is C26H36F3N5O4. The largest absolute Gasteiger partial charge is 0.465 e. The standard InChI is InChI=1S/C26H36F3N5O4/c1-37-25(35)18-15-22(29)24(33-14-6-13-32-11-3-2-10-31-12-5-9-30)16-23(18)34-26(36)38-17-19-20(27)7-4-8-21(19)28/h4,7-8,15-16,31-33H,2-3,5-6,9-14,17,30H2,1H3,(H,34,36). The summed E-state index contributed by atoms with van der Waals surface area (Å²) in [4.78, 5) is 24.4. The first-order valence-corrected chi connectivity index (χ1v) is 12.5. The minimum atomic E-state index is -1.09. The number of amides is 1. The fourth-order valence-corrected chi connectivity index (χ4v) is 3.46. The van der Waals surface area contributed by atoms with Gasteiger partial charge in [-0.3, -0.25) is 5.32 Å². The number of rotatable bonds is 17. The van der Waals surface area contributed by atoms with Gasteiger partial charge in [-0.25, -0.2) is 22.8 Å². The number of ether oxygens (including phenoxy) is 2. The number of hydrogen-bond acceptors (Lipinski definition) is 8. The zero-order valence-corrected chi connectivity index (χ0v) is 21.5. The van der Waals surface area contributed by atoms with Gasteiger partial charge in [0.15, 0.2) is 0 Å². The lowest BCUT2D eigenvalue weighted by molar-refractivity contribution is 0.0601. The van der Waals surface area contributed by atoms with Gasteiger partial charge in [0, 0.05) is 6.54 Å². The third kappa shape index (κ3) is 10.6. The summed E-state index contributed by atoms with van der Waals surface area (Å²) in [5, 5.41) is 11.9. The third-order valence-electron chi connectivity index (χ3n) is 5.52. The normalized spacial score (nSPS) is 10.8. The highest BCUT2D eigenvalue weighted by atomic mass is 19.1. The van der Waals surface area contributed by atoms with Crippen LogP contribution in [0.5, 0.6) is 0 Å². The average Bonchev–Trinajstić information content (AvgIpc) is 2.90. The van der Waals surface area contributed by atoms with Crippen molar-refractivity contribution in [2.24, 2.45) is 5.73 Å². The minimum absolute atomic E-state index is 0.0525. The fourth-order valence-electron chi connectivity index (χ4n) is 3.46. The lowest BCUT2D eigenvalue weighted by atomic mass is 10.1.